The molecule has 0 unspecified atom stereocenters. The van der Waals surface area contributed by atoms with Crippen molar-refractivity contribution in [3.63, 3.8) is 0 Å². The van der Waals surface area contributed by atoms with E-state index in [1.54, 1.807) is 0 Å². The van der Waals surface area contributed by atoms with Gasteiger partial charge in [0.2, 0.25) is 0 Å². The Bertz CT molecular complexity index is 322. The molecule has 0 atom stereocenters. The molecule has 0 saturated carbocycles. The molecular weight excluding hydrogens is 357 g/mol. The van der Waals surface area contributed by atoms with Crippen molar-refractivity contribution < 1.29 is 24.0 Å². The van der Waals surface area contributed by atoms with Gasteiger partial charge in [-0.25, -0.2) is 0 Å². The average Bonchev–Trinajstić information content (AvgIpc) is 2.35. The molecule has 104 valence electrons. The van der Waals surface area contributed by atoms with Gasteiger partial charge in [-0.15, -0.1) is 11.6 Å². The SMILES string of the molecule is CCCCCC[N+](C)(C)c1ccc(CCl)cc1.[I-]. The summed E-state index contributed by atoms with van der Waals surface area (Å²) in [4.78, 5) is 0. The summed E-state index contributed by atoms with van der Waals surface area (Å²) >= 11 is 5.81. The molecule has 1 aromatic carbocycles. The average molecular weight is 382 g/mol. The molecule has 1 nitrogen and oxygen atoms in total. The molecule has 0 aliphatic carbocycles. The number of unbranched alkanes of at least 4 members (excludes halogenated alkanes) is 3. The highest BCUT2D eigenvalue weighted by molar-refractivity contribution is 6.17. The molecule has 0 bridgehead atoms. The Morgan fingerprint density at radius 3 is 2.11 bits per heavy atom. The molecular formula is C15H25ClIN. The summed E-state index contributed by atoms with van der Waals surface area (Å²) in [5.41, 5.74) is 2.57. The molecule has 0 saturated heterocycles. The van der Waals surface area contributed by atoms with Gasteiger partial charge in [0.25, 0.3) is 0 Å². The maximum atomic E-state index is 5.81. The molecule has 0 aromatic heterocycles. The number of quaternary nitrogens is 1. The van der Waals surface area contributed by atoms with Gasteiger partial charge in [-0.2, -0.15) is 0 Å². The Kier molecular flexibility index (Phi) is 9.26. The predicted octanol–water partition coefficient (Wildman–Crippen LogP) is 1.58. The lowest BCUT2D eigenvalue weighted by Crippen LogP contribution is -3.00. The van der Waals surface area contributed by atoms with Gasteiger partial charge in [-0.3, -0.25) is 4.48 Å². The Hall–Kier alpha value is 0.200. The van der Waals surface area contributed by atoms with Crippen LogP contribution in [0.25, 0.3) is 0 Å². The topological polar surface area (TPSA) is 0 Å². The van der Waals surface area contributed by atoms with Crippen molar-refractivity contribution in [3.05, 3.63) is 29.8 Å². The van der Waals surface area contributed by atoms with Crippen LogP contribution in [0.15, 0.2) is 24.3 Å². The van der Waals surface area contributed by atoms with E-state index in [2.05, 4.69) is 45.3 Å². The van der Waals surface area contributed by atoms with Gasteiger partial charge in [-0.05, 0) is 30.5 Å². The Morgan fingerprint density at radius 2 is 1.61 bits per heavy atom. The van der Waals surface area contributed by atoms with Crippen molar-refractivity contribution in [1.29, 1.82) is 0 Å². The minimum atomic E-state index is 0. The first-order valence-corrected chi connectivity index (χ1v) is 7.12. The first-order valence-electron chi connectivity index (χ1n) is 6.58. The van der Waals surface area contributed by atoms with Crippen LogP contribution in [0.4, 0.5) is 5.69 Å². The van der Waals surface area contributed by atoms with Crippen LogP contribution >= 0.6 is 11.6 Å². The second kappa shape index (κ2) is 9.16. The van der Waals surface area contributed by atoms with E-state index < -0.39 is 0 Å². The summed E-state index contributed by atoms with van der Waals surface area (Å²) in [6.07, 6.45) is 5.30. The number of hydrogen-bond donors (Lipinski definition) is 0. The van der Waals surface area contributed by atoms with Gasteiger partial charge >= 0.3 is 0 Å². The van der Waals surface area contributed by atoms with Crippen LogP contribution in [0.3, 0.4) is 0 Å². The van der Waals surface area contributed by atoms with Gasteiger partial charge in [0, 0.05) is 5.88 Å². The highest BCUT2D eigenvalue weighted by Gasteiger charge is 2.17. The summed E-state index contributed by atoms with van der Waals surface area (Å²) in [6.45, 7) is 3.46. The summed E-state index contributed by atoms with van der Waals surface area (Å²) < 4.78 is 0.965. The summed E-state index contributed by atoms with van der Waals surface area (Å²) in [5, 5.41) is 0. The number of halogens is 2. The lowest BCUT2D eigenvalue weighted by atomic mass is 10.1. The largest absolute Gasteiger partial charge is 1.00 e. The van der Waals surface area contributed by atoms with Crippen molar-refractivity contribution in [2.24, 2.45) is 0 Å². The van der Waals surface area contributed by atoms with Gasteiger partial charge in [0.15, 0.2) is 0 Å². The molecule has 0 fully saturated rings. The molecule has 0 heterocycles. The predicted molar refractivity (Wildman–Crippen MR) is 78.7 cm³/mol. The van der Waals surface area contributed by atoms with Crippen LogP contribution in [0, 0.1) is 0 Å². The summed E-state index contributed by atoms with van der Waals surface area (Å²) in [5.74, 6) is 0.601. The number of rotatable bonds is 7. The molecule has 0 aliphatic heterocycles. The Balaban J connectivity index is 0.00000289. The van der Waals surface area contributed by atoms with Crippen molar-refractivity contribution in [3.8, 4) is 0 Å². The van der Waals surface area contributed by atoms with Crippen LogP contribution in [-0.4, -0.2) is 20.6 Å². The highest BCUT2D eigenvalue weighted by Crippen LogP contribution is 2.21. The molecule has 18 heavy (non-hydrogen) atoms. The fourth-order valence-corrected chi connectivity index (χ4v) is 2.23. The van der Waals surface area contributed by atoms with Crippen LogP contribution < -0.4 is 28.5 Å². The van der Waals surface area contributed by atoms with Crippen molar-refractivity contribution in [2.75, 3.05) is 20.6 Å². The third kappa shape index (κ3) is 5.89. The van der Waals surface area contributed by atoms with Crippen LogP contribution in [0.2, 0.25) is 0 Å². The van der Waals surface area contributed by atoms with E-state index in [4.69, 9.17) is 11.6 Å². The standard InChI is InChI=1S/C15H25ClN.HI/c1-4-5-6-7-12-17(2,3)15-10-8-14(13-16)9-11-15;/h8-11H,4-7,12-13H2,1-3H3;1H/q+1;/p-1. The smallest absolute Gasteiger partial charge is 0.132 e. The van der Waals surface area contributed by atoms with Gasteiger partial charge < -0.3 is 24.0 Å². The number of alkyl halides is 1. The summed E-state index contributed by atoms with van der Waals surface area (Å²) in [7, 11) is 4.56. The van der Waals surface area contributed by atoms with Gasteiger partial charge in [0.05, 0.1) is 20.6 Å². The fourth-order valence-electron chi connectivity index (χ4n) is 2.05. The van der Waals surface area contributed by atoms with Crippen LogP contribution in [-0.2, 0) is 5.88 Å². The van der Waals surface area contributed by atoms with E-state index in [1.807, 2.05) is 0 Å². The summed E-state index contributed by atoms with van der Waals surface area (Å²) in [6, 6.07) is 8.68. The molecule has 0 radical (unpaired) electrons. The number of nitrogens with zero attached hydrogens (tertiary/aromatic N) is 1. The minimum absolute atomic E-state index is 0. The van der Waals surface area contributed by atoms with E-state index in [0.29, 0.717) is 5.88 Å². The van der Waals surface area contributed by atoms with E-state index in [1.165, 1.54) is 43.5 Å². The second-order valence-electron chi connectivity index (χ2n) is 5.27. The van der Waals surface area contributed by atoms with Crippen LogP contribution in [0.5, 0.6) is 0 Å². The maximum absolute atomic E-state index is 5.81. The molecule has 1 aromatic rings. The zero-order valence-electron chi connectivity index (χ0n) is 11.8. The lowest BCUT2D eigenvalue weighted by Gasteiger charge is -2.29. The molecule has 0 aliphatic rings. The molecule has 0 spiro atoms. The zero-order chi connectivity index (χ0) is 12.7. The fraction of sp³-hybridized carbons (Fsp3) is 0.600. The maximum Gasteiger partial charge on any atom is 0.132 e. The van der Waals surface area contributed by atoms with Crippen molar-refractivity contribution in [1.82, 2.24) is 4.48 Å². The van der Waals surface area contributed by atoms with E-state index in [0.717, 1.165) is 4.48 Å². The highest BCUT2D eigenvalue weighted by atomic mass is 127. The third-order valence-electron chi connectivity index (χ3n) is 3.36. The van der Waals surface area contributed by atoms with E-state index in [9.17, 15) is 0 Å². The molecule has 0 amide bonds. The van der Waals surface area contributed by atoms with Crippen molar-refractivity contribution >= 4 is 17.3 Å². The van der Waals surface area contributed by atoms with Gasteiger partial charge in [0.1, 0.15) is 5.69 Å². The molecule has 0 N–H and O–H groups in total. The minimum Gasteiger partial charge on any atom is -1.00 e. The number of hydrogen-bond acceptors (Lipinski definition) is 0. The Labute approximate surface area is 134 Å². The molecule has 3 heteroatoms. The van der Waals surface area contributed by atoms with E-state index in [-0.39, 0.29) is 24.0 Å². The normalized spacial score (nSPS) is 11.1. The van der Waals surface area contributed by atoms with Crippen LogP contribution in [0.1, 0.15) is 38.2 Å². The van der Waals surface area contributed by atoms with E-state index >= 15 is 0 Å². The number of benzene rings is 1. The quantitative estimate of drug-likeness (QED) is 0.291. The van der Waals surface area contributed by atoms with Gasteiger partial charge in [-0.1, -0.05) is 31.9 Å². The third-order valence-corrected chi connectivity index (χ3v) is 3.67. The Morgan fingerprint density at radius 1 is 1.00 bits per heavy atom. The monoisotopic (exact) mass is 381 g/mol. The second-order valence-corrected chi connectivity index (χ2v) is 5.54. The lowest BCUT2D eigenvalue weighted by molar-refractivity contribution is -0.00000377. The molecule has 1 rings (SSSR count). The first kappa shape index (κ1) is 18.2. The first-order chi connectivity index (χ1) is 8.10. The van der Waals surface area contributed by atoms with Crippen molar-refractivity contribution in [2.45, 2.75) is 38.5 Å². The zero-order valence-corrected chi connectivity index (χ0v) is 14.7.